The number of amides is 2. The van der Waals surface area contributed by atoms with Gasteiger partial charge in [-0.15, -0.1) is 0 Å². The zero-order chi connectivity index (χ0) is 19.1. The van der Waals surface area contributed by atoms with Crippen molar-refractivity contribution >= 4 is 12.0 Å². The number of rotatable bonds is 4. The average Bonchev–Trinajstić information content (AvgIpc) is 3.08. The summed E-state index contributed by atoms with van der Waals surface area (Å²) >= 11 is 0. The monoisotopic (exact) mass is 365 g/mol. The molecule has 0 aromatic heterocycles. The SMILES string of the molecule is CCN(CC)C(=O)[C@H]1[C@@H]2CN(C3CCN(C(=O)OC(C)(C)C)CC3)C[C@@H]21. The molecule has 2 aliphatic heterocycles. The lowest BCUT2D eigenvalue weighted by Crippen LogP contribution is -2.48. The highest BCUT2D eigenvalue weighted by atomic mass is 16.6. The smallest absolute Gasteiger partial charge is 0.410 e. The first-order chi connectivity index (χ1) is 12.2. The number of likely N-dealkylation sites (tertiary alicyclic amines) is 2. The Morgan fingerprint density at radius 1 is 1.04 bits per heavy atom. The first-order valence-corrected chi connectivity index (χ1v) is 10.3. The summed E-state index contributed by atoms with van der Waals surface area (Å²) in [7, 11) is 0. The Labute approximate surface area is 157 Å². The van der Waals surface area contributed by atoms with Crippen molar-refractivity contribution in [1.82, 2.24) is 14.7 Å². The average molecular weight is 366 g/mol. The Balaban J connectivity index is 1.43. The fourth-order valence-electron chi connectivity index (χ4n) is 4.71. The predicted octanol–water partition coefficient (Wildman–Crippen LogP) is 2.43. The van der Waals surface area contributed by atoms with E-state index in [1.807, 2.05) is 30.6 Å². The van der Waals surface area contributed by atoms with Crippen LogP contribution in [0.4, 0.5) is 4.79 Å². The van der Waals surface area contributed by atoms with Gasteiger partial charge < -0.3 is 14.5 Å². The third kappa shape index (κ3) is 4.00. The Bertz CT molecular complexity index is 521. The van der Waals surface area contributed by atoms with Gasteiger partial charge in [0.05, 0.1) is 0 Å². The van der Waals surface area contributed by atoms with Crippen molar-refractivity contribution in [2.24, 2.45) is 17.8 Å². The second-order valence-corrected chi connectivity index (χ2v) is 9.02. The molecule has 3 atom stereocenters. The highest BCUT2D eigenvalue weighted by Gasteiger charge is 2.60. The van der Waals surface area contributed by atoms with Crippen molar-refractivity contribution in [2.75, 3.05) is 39.3 Å². The molecule has 0 radical (unpaired) electrons. The number of nitrogens with zero attached hydrogens (tertiary/aromatic N) is 3. The normalized spacial score (nSPS) is 29.4. The molecule has 2 heterocycles. The minimum Gasteiger partial charge on any atom is -0.444 e. The van der Waals surface area contributed by atoms with Gasteiger partial charge in [-0.25, -0.2) is 4.79 Å². The van der Waals surface area contributed by atoms with E-state index in [0.29, 0.717) is 23.8 Å². The number of fused-ring (bicyclic) bond motifs is 1. The summed E-state index contributed by atoms with van der Waals surface area (Å²) in [6.45, 7) is 15.1. The summed E-state index contributed by atoms with van der Waals surface area (Å²) in [5, 5.41) is 0. The standard InChI is InChI=1S/C20H35N3O3/c1-6-21(7-2)18(24)17-15-12-23(13-16(15)17)14-8-10-22(11-9-14)19(25)26-20(3,4)5/h14-17H,6-13H2,1-5H3/t15-,16+,17+. The molecule has 6 heteroatoms. The predicted molar refractivity (Wildman–Crippen MR) is 101 cm³/mol. The molecule has 0 N–H and O–H groups in total. The maximum atomic E-state index is 12.5. The second kappa shape index (κ2) is 7.37. The van der Waals surface area contributed by atoms with Crippen LogP contribution in [0.25, 0.3) is 0 Å². The molecule has 2 saturated heterocycles. The van der Waals surface area contributed by atoms with Crippen molar-refractivity contribution in [3.8, 4) is 0 Å². The Morgan fingerprint density at radius 2 is 1.58 bits per heavy atom. The third-order valence-electron chi connectivity index (χ3n) is 6.22. The van der Waals surface area contributed by atoms with Crippen molar-refractivity contribution in [2.45, 2.75) is 59.1 Å². The number of carbonyl (C=O) groups is 2. The first-order valence-electron chi connectivity index (χ1n) is 10.3. The van der Waals surface area contributed by atoms with Crippen LogP contribution in [-0.4, -0.2) is 77.6 Å². The van der Waals surface area contributed by atoms with Gasteiger partial charge in [0.15, 0.2) is 0 Å². The fourth-order valence-corrected chi connectivity index (χ4v) is 4.71. The van der Waals surface area contributed by atoms with Crippen molar-refractivity contribution < 1.29 is 14.3 Å². The largest absolute Gasteiger partial charge is 0.444 e. The molecule has 148 valence electrons. The highest BCUT2D eigenvalue weighted by molar-refractivity contribution is 5.82. The van der Waals surface area contributed by atoms with Gasteiger partial charge in [-0.3, -0.25) is 9.69 Å². The number of piperidine rings is 2. The number of hydrogen-bond donors (Lipinski definition) is 0. The zero-order valence-electron chi connectivity index (χ0n) is 17.0. The van der Waals surface area contributed by atoms with Gasteiger partial charge >= 0.3 is 6.09 Å². The van der Waals surface area contributed by atoms with Crippen LogP contribution in [0.3, 0.4) is 0 Å². The number of ether oxygens (including phenoxy) is 1. The van der Waals surface area contributed by atoms with Crippen LogP contribution < -0.4 is 0 Å². The Kier molecular flexibility index (Phi) is 5.52. The molecule has 0 aromatic rings. The molecule has 3 fully saturated rings. The minimum atomic E-state index is -0.434. The molecule has 6 nitrogen and oxygen atoms in total. The minimum absolute atomic E-state index is 0.190. The molecule has 3 aliphatic rings. The van der Waals surface area contributed by atoms with Crippen LogP contribution >= 0.6 is 0 Å². The van der Waals surface area contributed by atoms with E-state index in [2.05, 4.69) is 18.7 Å². The van der Waals surface area contributed by atoms with Gasteiger partial charge in [0.1, 0.15) is 5.60 Å². The lowest BCUT2D eigenvalue weighted by Gasteiger charge is -2.38. The van der Waals surface area contributed by atoms with E-state index < -0.39 is 5.60 Å². The highest BCUT2D eigenvalue weighted by Crippen LogP contribution is 2.53. The maximum Gasteiger partial charge on any atom is 0.410 e. The molecule has 0 aromatic carbocycles. The van der Waals surface area contributed by atoms with Gasteiger partial charge in [0.2, 0.25) is 5.91 Å². The van der Waals surface area contributed by atoms with Crippen molar-refractivity contribution in [3.63, 3.8) is 0 Å². The molecule has 0 bridgehead atoms. The van der Waals surface area contributed by atoms with Crippen LogP contribution in [0.2, 0.25) is 0 Å². The summed E-state index contributed by atoms with van der Waals surface area (Å²) in [6, 6.07) is 0.547. The van der Waals surface area contributed by atoms with Crippen LogP contribution in [-0.2, 0) is 9.53 Å². The van der Waals surface area contributed by atoms with E-state index in [-0.39, 0.29) is 12.0 Å². The lowest BCUT2D eigenvalue weighted by atomic mass is 10.0. The molecular weight excluding hydrogens is 330 g/mol. The summed E-state index contributed by atoms with van der Waals surface area (Å²) < 4.78 is 5.48. The van der Waals surface area contributed by atoms with Crippen LogP contribution in [0.1, 0.15) is 47.5 Å². The van der Waals surface area contributed by atoms with Gasteiger partial charge in [-0.2, -0.15) is 0 Å². The number of carbonyl (C=O) groups excluding carboxylic acids is 2. The molecule has 1 aliphatic carbocycles. The van der Waals surface area contributed by atoms with Gasteiger partial charge in [-0.1, -0.05) is 0 Å². The van der Waals surface area contributed by atoms with E-state index >= 15 is 0 Å². The Hall–Kier alpha value is -1.30. The number of hydrogen-bond acceptors (Lipinski definition) is 4. The Morgan fingerprint density at radius 3 is 2.04 bits per heavy atom. The molecule has 0 unspecified atom stereocenters. The summed E-state index contributed by atoms with van der Waals surface area (Å²) in [5.41, 5.74) is -0.434. The van der Waals surface area contributed by atoms with Gasteiger partial charge in [-0.05, 0) is 59.3 Å². The quantitative estimate of drug-likeness (QED) is 0.768. The topological polar surface area (TPSA) is 53.1 Å². The summed E-state index contributed by atoms with van der Waals surface area (Å²) in [5.74, 6) is 1.76. The van der Waals surface area contributed by atoms with Crippen molar-refractivity contribution in [3.05, 3.63) is 0 Å². The van der Waals surface area contributed by atoms with Crippen LogP contribution in [0.15, 0.2) is 0 Å². The van der Waals surface area contributed by atoms with Crippen molar-refractivity contribution in [1.29, 1.82) is 0 Å². The van der Waals surface area contributed by atoms with Gasteiger partial charge in [0, 0.05) is 51.2 Å². The van der Waals surface area contributed by atoms with Crippen LogP contribution in [0, 0.1) is 17.8 Å². The fraction of sp³-hybridized carbons (Fsp3) is 0.900. The molecule has 2 amide bonds. The molecule has 0 spiro atoms. The maximum absolute atomic E-state index is 12.5. The second-order valence-electron chi connectivity index (χ2n) is 9.02. The van der Waals surface area contributed by atoms with Crippen LogP contribution in [0.5, 0.6) is 0 Å². The molecular formula is C20H35N3O3. The van der Waals surface area contributed by atoms with E-state index in [4.69, 9.17) is 4.74 Å². The van der Waals surface area contributed by atoms with E-state index in [1.54, 1.807) is 0 Å². The summed E-state index contributed by atoms with van der Waals surface area (Å²) in [4.78, 5) is 31.1. The zero-order valence-corrected chi connectivity index (χ0v) is 17.0. The van der Waals surface area contributed by atoms with E-state index in [0.717, 1.165) is 52.1 Å². The van der Waals surface area contributed by atoms with E-state index in [9.17, 15) is 9.59 Å². The molecule has 3 rings (SSSR count). The van der Waals surface area contributed by atoms with E-state index in [1.165, 1.54) is 0 Å². The third-order valence-corrected chi connectivity index (χ3v) is 6.22. The molecule has 1 saturated carbocycles. The first kappa shape index (κ1) is 19.5. The van der Waals surface area contributed by atoms with Gasteiger partial charge in [0.25, 0.3) is 0 Å². The summed E-state index contributed by atoms with van der Waals surface area (Å²) in [6.07, 6.45) is 1.82. The lowest BCUT2D eigenvalue weighted by molar-refractivity contribution is -0.133. The molecule has 26 heavy (non-hydrogen) atoms.